The molecule has 0 aliphatic rings. The van der Waals surface area contributed by atoms with Gasteiger partial charge in [0.25, 0.3) is 0 Å². The van der Waals surface area contributed by atoms with Crippen LogP contribution in [0.4, 0.5) is 20.2 Å². The minimum absolute atomic E-state index is 0.139. The molecule has 2 aromatic carbocycles. The van der Waals surface area contributed by atoms with Crippen molar-refractivity contribution in [2.45, 2.75) is 0 Å². The molecule has 0 saturated heterocycles. The Balaban J connectivity index is 2.44. The molecular formula is C14H6BrF2N3. The van der Waals surface area contributed by atoms with Crippen molar-refractivity contribution < 1.29 is 8.78 Å². The lowest BCUT2D eigenvalue weighted by atomic mass is 10.1. The highest BCUT2D eigenvalue weighted by Gasteiger charge is 2.14. The highest BCUT2D eigenvalue weighted by molar-refractivity contribution is 9.10. The molecule has 0 aromatic heterocycles. The molecule has 0 aliphatic carbocycles. The van der Waals surface area contributed by atoms with Crippen LogP contribution in [-0.2, 0) is 0 Å². The van der Waals surface area contributed by atoms with Gasteiger partial charge in [-0.15, -0.1) is 0 Å². The van der Waals surface area contributed by atoms with E-state index >= 15 is 0 Å². The van der Waals surface area contributed by atoms with Crippen molar-refractivity contribution in [3.8, 4) is 12.1 Å². The van der Waals surface area contributed by atoms with Gasteiger partial charge in [0.15, 0.2) is 11.6 Å². The van der Waals surface area contributed by atoms with Gasteiger partial charge in [0, 0.05) is 4.47 Å². The van der Waals surface area contributed by atoms with Crippen LogP contribution in [0.15, 0.2) is 34.8 Å². The van der Waals surface area contributed by atoms with Crippen molar-refractivity contribution >= 4 is 27.3 Å². The third-order valence-corrected chi connectivity index (χ3v) is 3.07. The zero-order valence-corrected chi connectivity index (χ0v) is 11.5. The van der Waals surface area contributed by atoms with Crippen LogP contribution in [0.25, 0.3) is 0 Å². The highest BCUT2D eigenvalue weighted by Crippen LogP contribution is 2.27. The van der Waals surface area contributed by atoms with Crippen LogP contribution < -0.4 is 5.32 Å². The monoisotopic (exact) mass is 333 g/mol. The number of hydrogen-bond donors (Lipinski definition) is 1. The number of rotatable bonds is 2. The van der Waals surface area contributed by atoms with Crippen LogP contribution in [0.2, 0.25) is 0 Å². The van der Waals surface area contributed by atoms with Crippen LogP contribution in [-0.4, -0.2) is 0 Å². The van der Waals surface area contributed by atoms with Crippen molar-refractivity contribution in [3.63, 3.8) is 0 Å². The van der Waals surface area contributed by atoms with Crippen molar-refractivity contribution in [3.05, 3.63) is 57.6 Å². The van der Waals surface area contributed by atoms with Crippen molar-refractivity contribution in [2.75, 3.05) is 5.32 Å². The van der Waals surface area contributed by atoms with E-state index in [0.717, 1.165) is 0 Å². The number of nitriles is 2. The molecule has 0 bridgehead atoms. The summed E-state index contributed by atoms with van der Waals surface area (Å²) >= 11 is 3.22. The number of nitrogens with one attached hydrogen (secondary N) is 1. The van der Waals surface area contributed by atoms with Gasteiger partial charge in [-0.2, -0.15) is 10.5 Å². The lowest BCUT2D eigenvalue weighted by Gasteiger charge is -2.10. The number of nitrogens with zero attached hydrogens (tertiary/aromatic N) is 2. The van der Waals surface area contributed by atoms with Crippen molar-refractivity contribution in [2.24, 2.45) is 0 Å². The smallest absolute Gasteiger partial charge is 0.183 e. The lowest BCUT2D eigenvalue weighted by Crippen LogP contribution is -2.00. The molecule has 2 rings (SSSR count). The number of benzene rings is 2. The number of hydrogen-bond acceptors (Lipinski definition) is 3. The standard InChI is InChI=1S/C14H6BrF2N3/c15-10-2-4-11(9(5-10)7-19)20-12-3-1-8(6-18)13(16)14(12)17/h1-5,20H. The molecule has 0 spiro atoms. The predicted octanol–water partition coefficient (Wildman–Crippen LogP) is 4.21. The molecule has 2 aromatic rings. The Morgan fingerprint density at radius 2 is 1.55 bits per heavy atom. The topological polar surface area (TPSA) is 59.6 Å². The maximum atomic E-state index is 13.8. The largest absolute Gasteiger partial charge is 0.352 e. The van der Waals surface area contributed by atoms with Crippen molar-refractivity contribution in [1.29, 1.82) is 10.5 Å². The van der Waals surface area contributed by atoms with Gasteiger partial charge in [-0.25, -0.2) is 8.78 Å². The fourth-order valence-corrected chi connectivity index (χ4v) is 1.96. The fraction of sp³-hybridized carbons (Fsp3) is 0. The Bertz CT molecular complexity index is 760. The Hall–Kier alpha value is -2.44. The quantitative estimate of drug-likeness (QED) is 0.895. The van der Waals surface area contributed by atoms with E-state index in [0.29, 0.717) is 10.2 Å². The molecule has 3 nitrogen and oxygen atoms in total. The first-order valence-corrected chi connectivity index (χ1v) is 6.21. The summed E-state index contributed by atoms with van der Waals surface area (Å²) in [6.07, 6.45) is 0. The fourth-order valence-electron chi connectivity index (χ4n) is 1.60. The molecule has 0 unspecified atom stereocenters. The molecular weight excluding hydrogens is 328 g/mol. The van der Waals surface area contributed by atoms with Gasteiger partial charge in [-0.1, -0.05) is 15.9 Å². The minimum Gasteiger partial charge on any atom is -0.352 e. The van der Waals surface area contributed by atoms with E-state index in [1.165, 1.54) is 12.1 Å². The van der Waals surface area contributed by atoms with Crippen LogP contribution in [0.5, 0.6) is 0 Å². The molecule has 1 N–H and O–H groups in total. The van der Waals surface area contributed by atoms with Crippen LogP contribution in [0, 0.1) is 34.3 Å². The average Bonchev–Trinajstić information content (AvgIpc) is 2.45. The summed E-state index contributed by atoms with van der Waals surface area (Å²) in [4.78, 5) is 0. The molecule has 98 valence electrons. The maximum Gasteiger partial charge on any atom is 0.183 e. The molecule has 0 atom stereocenters. The summed E-state index contributed by atoms with van der Waals surface area (Å²) in [5.74, 6) is -2.37. The van der Waals surface area contributed by atoms with Gasteiger partial charge in [0.2, 0.25) is 0 Å². The first-order chi connectivity index (χ1) is 9.56. The molecule has 0 heterocycles. The summed E-state index contributed by atoms with van der Waals surface area (Å²) in [7, 11) is 0. The molecule has 0 amide bonds. The van der Waals surface area contributed by atoms with E-state index in [9.17, 15) is 8.78 Å². The second-order valence-corrected chi connectivity index (χ2v) is 4.74. The zero-order valence-electron chi connectivity index (χ0n) is 9.92. The average molecular weight is 334 g/mol. The van der Waals surface area contributed by atoms with Gasteiger partial charge < -0.3 is 5.32 Å². The van der Waals surface area contributed by atoms with Gasteiger partial charge in [-0.3, -0.25) is 0 Å². The van der Waals surface area contributed by atoms with Crippen LogP contribution in [0.3, 0.4) is 0 Å². The third kappa shape index (κ3) is 2.61. The molecule has 0 aliphatic heterocycles. The van der Waals surface area contributed by atoms with E-state index in [1.54, 1.807) is 24.3 Å². The molecule has 20 heavy (non-hydrogen) atoms. The minimum atomic E-state index is -1.21. The normalized spacial score (nSPS) is 9.65. The van der Waals surface area contributed by atoms with E-state index in [1.807, 2.05) is 6.07 Å². The van der Waals surface area contributed by atoms with E-state index in [2.05, 4.69) is 21.2 Å². The first-order valence-electron chi connectivity index (χ1n) is 5.41. The number of halogens is 3. The summed E-state index contributed by atoms with van der Waals surface area (Å²) in [5, 5.41) is 20.3. The summed E-state index contributed by atoms with van der Waals surface area (Å²) < 4.78 is 28.0. The van der Waals surface area contributed by atoms with Crippen LogP contribution >= 0.6 is 15.9 Å². The highest BCUT2D eigenvalue weighted by atomic mass is 79.9. The Kier molecular flexibility index (Phi) is 3.97. The lowest BCUT2D eigenvalue weighted by molar-refractivity contribution is 0.509. The maximum absolute atomic E-state index is 13.8. The molecule has 0 fully saturated rings. The summed E-state index contributed by atoms with van der Waals surface area (Å²) in [6.45, 7) is 0. The van der Waals surface area contributed by atoms with Gasteiger partial charge in [-0.05, 0) is 30.3 Å². The summed E-state index contributed by atoms with van der Waals surface area (Å²) in [6, 6.07) is 10.7. The van der Waals surface area contributed by atoms with E-state index in [-0.39, 0.29) is 16.8 Å². The Morgan fingerprint density at radius 3 is 2.20 bits per heavy atom. The van der Waals surface area contributed by atoms with E-state index < -0.39 is 11.6 Å². The number of anilines is 2. The zero-order chi connectivity index (χ0) is 14.7. The van der Waals surface area contributed by atoms with Gasteiger partial charge >= 0.3 is 0 Å². The first kappa shape index (κ1) is 14.0. The Labute approximate surface area is 122 Å². The predicted molar refractivity (Wildman–Crippen MR) is 73.2 cm³/mol. The molecule has 0 saturated carbocycles. The van der Waals surface area contributed by atoms with Crippen LogP contribution in [0.1, 0.15) is 11.1 Å². The van der Waals surface area contributed by atoms with Gasteiger partial charge in [0.1, 0.15) is 12.1 Å². The SMILES string of the molecule is N#Cc1cc(Br)ccc1Nc1ccc(C#N)c(F)c1F. The second-order valence-electron chi connectivity index (χ2n) is 3.83. The summed E-state index contributed by atoms with van der Waals surface area (Å²) in [5.41, 5.74) is 0.118. The van der Waals surface area contributed by atoms with Crippen molar-refractivity contribution in [1.82, 2.24) is 0 Å². The third-order valence-electron chi connectivity index (χ3n) is 2.57. The molecule has 0 radical (unpaired) electrons. The molecule has 6 heteroatoms. The van der Waals surface area contributed by atoms with E-state index in [4.69, 9.17) is 10.5 Å². The van der Waals surface area contributed by atoms with Gasteiger partial charge in [0.05, 0.1) is 22.5 Å². The second kappa shape index (κ2) is 5.68. The Morgan fingerprint density at radius 1 is 0.900 bits per heavy atom.